The van der Waals surface area contributed by atoms with Gasteiger partial charge in [0.25, 0.3) is 11.5 Å². The minimum absolute atomic E-state index is 0.0471. The Morgan fingerprint density at radius 2 is 1.81 bits per heavy atom. The molecule has 194 valence electrons. The van der Waals surface area contributed by atoms with Crippen LogP contribution in [-0.2, 0) is 6.18 Å². The Balaban J connectivity index is 1.56. The second-order valence-corrected chi connectivity index (χ2v) is 9.55. The van der Waals surface area contributed by atoms with Gasteiger partial charge in [-0.15, -0.1) is 0 Å². The number of aromatic nitrogens is 3. The fraction of sp³-hybridized carbons (Fsp3) is 0.423. The molecule has 4 rings (SSSR count). The molecular weight excluding hydrogens is 487 g/mol. The number of halogens is 3. The highest BCUT2D eigenvalue weighted by Gasteiger charge is 2.38. The maximum atomic E-state index is 13.8. The van der Waals surface area contributed by atoms with Crippen LogP contribution >= 0.6 is 0 Å². The van der Waals surface area contributed by atoms with Gasteiger partial charge in [-0.1, -0.05) is 13.8 Å². The number of alkyl halides is 3. The van der Waals surface area contributed by atoms with E-state index in [2.05, 4.69) is 21.0 Å². The summed E-state index contributed by atoms with van der Waals surface area (Å²) in [4.78, 5) is 37.0. The summed E-state index contributed by atoms with van der Waals surface area (Å²) in [6, 6.07) is 9.55. The van der Waals surface area contributed by atoms with E-state index in [0.717, 1.165) is 6.07 Å². The van der Waals surface area contributed by atoms with E-state index in [0.29, 0.717) is 18.7 Å². The lowest BCUT2D eigenvalue weighted by Gasteiger charge is -2.38. The maximum absolute atomic E-state index is 13.8. The number of pyridine rings is 1. The Hall–Kier alpha value is -3.94. The quantitative estimate of drug-likeness (QED) is 0.544. The van der Waals surface area contributed by atoms with Crippen molar-refractivity contribution in [3.8, 4) is 11.8 Å². The fourth-order valence-electron chi connectivity index (χ4n) is 4.83. The Labute approximate surface area is 211 Å². The van der Waals surface area contributed by atoms with Gasteiger partial charge in [0, 0.05) is 24.2 Å². The third-order valence-electron chi connectivity index (χ3n) is 6.64. The molecule has 1 saturated heterocycles. The average Bonchev–Trinajstić information content (AvgIpc) is 2.82. The number of ether oxygens (including phenoxy) is 1. The standard InChI is InChI=1S/C26H26F3N5O3/c1-13-11-34(12-14(2)21(13)10-30)25(36)17-5-7-18(8-6-17)37-15(3)19-9-20-23(31-16(4)32-24(20)35)33-22(19)26(27,28)29/h5-9,13-15,21H,11-12H2,1-4H3,(H,31,32,33,35). The first-order chi connectivity index (χ1) is 17.4. The second kappa shape index (κ2) is 9.84. The van der Waals surface area contributed by atoms with Crippen LogP contribution < -0.4 is 10.3 Å². The number of hydrogen-bond acceptors (Lipinski definition) is 6. The summed E-state index contributed by atoms with van der Waals surface area (Å²) in [5, 5.41) is 9.27. The van der Waals surface area contributed by atoms with Gasteiger partial charge >= 0.3 is 6.18 Å². The molecule has 8 nitrogen and oxygen atoms in total. The molecule has 2 aromatic heterocycles. The fourth-order valence-corrected chi connectivity index (χ4v) is 4.83. The number of rotatable bonds is 4. The van der Waals surface area contributed by atoms with Crippen LogP contribution in [0, 0.1) is 36.0 Å². The molecule has 1 N–H and O–H groups in total. The number of amides is 1. The first-order valence-corrected chi connectivity index (χ1v) is 11.8. The van der Waals surface area contributed by atoms with E-state index < -0.39 is 23.5 Å². The number of fused-ring (bicyclic) bond motifs is 1. The monoisotopic (exact) mass is 513 g/mol. The van der Waals surface area contributed by atoms with E-state index in [1.54, 1.807) is 17.0 Å². The van der Waals surface area contributed by atoms with E-state index in [-0.39, 0.29) is 51.8 Å². The molecule has 1 aromatic carbocycles. The van der Waals surface area contributed by atoms with Crippen molar-refractivity contribution in [2.45, 2.75) is 40.0 Å². The van der Waals surface area contributed by atoms with Gasteiger partial charge in [-0.3, -0.25) is 9.59 Å². The summed E-state index contributed by atoms with van der Waals surface area (Å²) in [6.07, 6.45) is -5.90. The van der Waals surface area contributed by atoms with Crippen molar-refractivity contribution in [2.75, 3.05) is 13.1 Å². The number of nitriles is 1. The van der Waals surface area contributed by atoms with Crippen molar-refractivity contribution >= 4 is 16.9 Å². The van der Waals surface area contributed by atoms with E-state index >= 15 is 0 Å². The number of nitrogens with one attached hydrogen (secondary N) is 1. The number of likely N-dealkylation sites (tertiary alicyclic amines) is 1. The van der Waals surface area contributed by atoms with Gasteiger partial charge in [-0.2, -0.15) is 18.4 Å². The minimum Gasteiger partial charge on any atom is -0.486 e. The Morgan fingerprint density at radius 1 is 1.19 bits per heavy atom. The topological polar surface area (TPSA) is 112 Å². The van der Waals surface area contributed by atoms with Crippen LogP contribution in [0.25, 0.3) is 11.0 Å². The Kier molecular flexibility index (Phi) is 6.95. The molecule has 1 aliphatic rings. The first kappa shape index (κ1) is 26.1. The molecule has 1 aliphatic heterocycles. The van der Waals surface area contributed by atoms with Gasteiger partial charge in [0.15, 0.2) is 11.3 Å². The highest BCUT2D eigenvalue weighted by molar-refractivity contribution is 5.94. The lowest BCUT2D eigenvalue weighted by Crippen LogP contribution is -2.46. The number of H-pyrrole nitrogens is 1. The molecule has 0 spiro atoms. The van der Waals surface area contributed by atoms with Crippen LogP contribution in [0.2, 0.25) is 0 Å². The summed E-state index contributed by atoms with van der Waals surface area (Å²) >= 11 is 0. The molecule has 37 heavy (non-hydrogen) atoms. The van der Waals surface area contributed by atoms with Crippen LogP contribution in [-0.4, -0.2) is 38.8 Å². The van der Waals surface area contributed by atoms with Gasteiger partial charge < -0.3 is 14.6 Å². The Bertz CT molecular complexity index is 1420. The number of aromatic amines is 1. The molecular formula is C26H26F3N5O3. The zero-order valence-corrected chi connectivity index (χ0v) is 20.8. The normalized spacial score (nSPS) is 20.9. The number of carbonyl (C=O) groups is 1. The molecule has 0 aliphatic carbocycles. The molecule has 11 heteroatoms. The molecule has 3 aromatic rings. The van der Waals surface area contributed by atoms with E-state index in [1.165, 1.54) is 26.0 Å². The van der Waals surface area contributed by atoms with Gasteiger partial charge in [0.1, 0.15) is 17.7 Å². The number of benzene rings is 1. The van der Waals surface area contributed by atoms with Crippen LogP contribution in [0.4, 0.5) is 13.2 Å². The van der Waals surface area contributed by atoms with Crippen LogP contribution in [0.3, 0.4) is 0 Å². The average molecular weight is 514 g/mol. The smallest absolute Gasteiger partial charge is 0.433 e. The van der Waals surface area contributed by atoms with Crippen molar-refractivity contribution in [1.29, 1.82) is 5.26 Å². The summed E-state index contributed by atoms with van der Waals surface area (Å²) in [5.41, 5.74) is -1.97. The molecule has 3 heterocycles. The maximum Gasteiger partial charge on any atom is 0.433 e. The lowest BCUT2D eigenvalue weighted by atomic mass is 9.80. The molecule has 1 amide bonds. The molecule has 3 unspecified atom stereocenters. The Morgan fingerprint density at radius 3 is 2.38 bits per heavy atom. The highest BCUT2D eigenvalue weighted by Crippen LogP contribution is 2.36. The van der Waals surface area contributed by atoms with Gasteiger partial charge in [0.2, 0.25) is 0 Å². The van der Waals surface area contributed by atoms with Gasteiger partial charge in [-0.05, 0) is 56.0 Å². The van der Waals surface area contributed by atoms with Crippen molar-refractivity contribution < 1.29 is 22.7 Å². The number of nitrogens with zero attached hydrogens (tertiary/aromatic N) is 4. The predicted molar refractivity (Wildman–Crippen MR) is 129 cm³/mol. The third-order valence-corrected chi connectivity index (χ3v) is 6.64. The van der Waals surface area contributed by atoms with E-state index in [1.807, 2.05) is 13.8 Å². The predicted octanol–water partition coefficient (Wildman–Crippen LogP) is 4.65. The minimum atomic E-state index is -4.79. The number of hydrogen-bond donors (Lipinski definition) is 1. The van der Waals surface area contributed by atoms with Crippen molar-refractivity contribution in [3.63, 3.8) is 0 Å². The zero-order valence-electron chi connectivity index (χ0n) is 20.8. The molecule has 0 bridgehead atoms. The summed E-state index contributed by atoms with van der Waals surface area (Å²) in [7, 11) is 0. The zero-order chi connectivity index (χ0) is 27.1. The van der Waals surface area contributed by atoms with Crippen LogP contribution in [0.1, 0.15) is 54.3 Å². The van der Waals surface area contributed by atoms with Crippen molar-refractivity contribution in [1.82, 2.24) is 19.9 Å². The van der Waals surface area contributed by atoms with E-state index in [4.69, 9.17) is 4.74 Å². The van der Waals surface area contributed by atoms with Crippen molar-refractivity contribution in [2.24, 2.45) is 17.8 Å². The van der Waals surface area contributed by atoms with Gasteiger partial charge in [0.05, 0.1) is 17.4 Å². The summed E-state index contributed by atoms with van der Waals surface area (Å²) in [5.74, 6) is 0.204. The lowest BCUT2D eigenvalue weighted by molar-refractivity contribution is -0.142. The summed E-state index contributed by atoms with van der Waals surface area (Å²) < 4.78 is 47.2. The largest absolute Gasteiger partial charge is 0.486 e. The highest BCUT2D eigenvalue weighted by atomic mass is 19.4. The number of aryl methyl sites for hydroxylation is 1. The number of piperidine rings is 1. The molecule has 3 atom stereocenters. The van der Waals surface area contributed by atoms with Crippen molar-refractivity contribution in [3.05, 3.63) is 63.3 Å². The molecule has 0 saturated carbocycles. The van der Waals surface area contributed by atoms with Crippen LogP contribution in [0.15, 0.2) is 35.1 Å². The summed E-state index contributed by atoms with van der Waals surface area (Å²) in [6.45, 7) is 7.72. The first-order valence-electron chi connectivity index (χ1n) is 11.8. The van der Waals surface area contributed by atoms with Crippen LogP contribution in [0.5, 0.6) is 5.75 Å². The SMILES string of the molecule is Cc1nc2nc(C(F)(F)F)c(C(C)Oc3ccc(C(=O)N4CC(C)C(C#N)C(C)C4)cc3)cc2c(=O)[nH]1. The molecule has 1 fully saturated rings. The molecule has 0 radical (unpaired) electrons. The van der Waals surface area contributed by atoms with E-state index in [9.17, 15) is 28.0 Å². The second-order valence-electron chi connectivity index (χ2n) is 9.55. The number of carbonyl (C=O) groups excluding carboxylic acids is 1. The third kappa shape index (κ3) is 5.28. The van der Waals surface area contributed by atoms with Gasteiger partial charge in [-0.25, -0.2) is 9.97 Å².